The van der Waals surface area contributed by atoms with Crippen LogP contribution < -0.4 is 15.8 Å². The molecule has 0 saturated heterocycles. The van der Waals surface area contributed by atoms with Crippen LogP contribution in [0.4, 0.5) is 0 Å². The number of ether oxygens (including phenoxy) is 1. The monoisotopic (exact) mass is 631 g/mol. The van der Waals surface area contributed by atoms with Crippen molar-refractivity contribution in [3.63, 3.8) is 0 Å². The SMILES string of the molecule is COc1ccc(-c2ccc(O)c3c2C[C@H]2C[C@H]4[C@H](N(C)C)C(=O)C(C(N)=O)C(=O)[C@@]4(O)C(=O)C2C3=O)cc1CNC1CCCCC1. The third-order valence-electron chi connectivity index (χ3n) is 10.7. The van der Waals surface area contributed by atoms with Crippen molar-refractivity contribution in [3.8, 4) is 22.6 Å². The number of nitrogens with zero attached hydrogens (tertiary/aromatic N) is 1. The van der Waals surface area contributed by atoms with E-state index in [-0.39, 0.29) is 24.2 Å². The van der Waals surface area contributed by atoms with E-state index in [1.54, 1.807) is 27.3 Å². The number of phenolic OH excluding ortho intramolecular Hbond substituents is 1. The van der Waals surface area contributed by atoms with E-state index in [1.165, 1.54) is 30.2 Å². The van der Waals surface area contributed by atoms with E-state index in [2.05, 4.69) is 5.32 Å². The van der Waals surface area contributed by atoms with Crippen LogP contribution in [0, 0.1) is 23.7 Å². The Labute approximate surface area is 267 Å². The normalized spacial score (nSPS) is 29.7. The molecule has 2 aromatic rings. The van der Waals surface area contributed by atoms with Crippen LogP contribution in [0.25, 0.3) is 11.1 Å². The highest BCUT2D eigenvalue weighted by Crippen LogP contribution is 2.52. The first-order valence-corrected chi connectivity index (χ1v) is 16.0. The number of primary amides is 1. The van der Waals surface area contributed by atoms with Crippen LogP contribution >= 0.6 is 0 Å². The van der Waals surface area contributed by atoms with Gasteiger partial charge in [-0.15, -0.1) is 0 Å². The van der Waals surface area contributed by atoms with Gasteiger partial charge in [0, 0.05) is 24.1 Å². The number of benzene rings is 2. The summed E-state index contributed by atoms with van der Waals surface area (Å²) in [7, 11) is 4.75. The van der Waals surface area contributed by atoms with E-state index < -0.39 is 64.4 Å². The summed E-state index contributed by atoms with van der Waals surface area (Å²) in [6.07, 6.45) is 6.11. The van der Waals surface area contributed by atoms with E-state index in [0.717, 1.165) is 29.7 Å². The van der Waals surface area contributed by atoms with Crippen molar-refractivity contribution in [2.24, 2.45) is 29.4 Å². The highest BCUT2D eigenvalue weighted by Gasteiger charge is 2.69. The average Bonchev–Trinajstić information content (AvgIpc) is 3.02. The summed E-state index contributed by atoms with van der Waals surface area (Å²) in [5, 5.41) is 26.4. The lowest BCUT2D eigenvalue weighted by Gasteiger charge is -2.52. The van der Waals surface area contributed by atoms with Crippen LogP contribution in [0.15, 0.2) is 30.3 Å². The first-order chi connectivity index (χ1) is 21.9. The summed E-state index contributed by atoms with van der Waals surface area (Å²) in [6, 6.07) is 8.22. The molecular formula is C35H41N3O8. The molecule has 4 aliphatic rings. The molecule has 11 heteroatoms. The van der Waals surface area contributed by atoms with Crippen LogP contribution in [0.3, 0.4) is 0 Å². The number of nitrogens with one attached hydrogen (secondary N) is 1. The lowest BCUT2D eigenvalue weighted by atomic mass is 9.52. The number of nitrogens with two attached hydrogens (primary N) is 1. The third-order valence-corrected chi connectivity index (χ3v) is 10.7. The second kappa shape index (κ2) is 12.0. The Bertz CT molecular complexity index is 1630. The van der Waals surface area contributed by atoms with Gasteiger partial charge in [0.15, 0.2) is 34.7 Å². The molecule has 0 aliphatic heterocycles. The van der Waals surface area contributed by atoms with E-state index >= 15 is 0 Å². The number of ketones is 4. The molecule has 2 aromatic carbocycles. The van der Waals surface area contributed by atoms with Crippen LogP contribution in [-0.2, 0) is 32.1 Å². The van der Waals surface area contributed by atoms with Crippen molar-refractivity contribution in [2.45, 2.75) is 69.2 Å². The Kier molecular flexibility index (Phi) is 8.37. The second-order valence-electron chi connectivity index (χ2n) is 13.5. The summed E-state index contributed by atoms with van der Waals surface area (Å²) in [4.78, 5) is 68.8. The maximum Gasteiger partial charge on any atom is 0.235 e. The Morgan fingerprint density at radius 3 is 2.43 bits per heavy atom. The molecule has 6 rings (SSSR count). The van der Waals surface area contributed by atoms with E-state index in [1.807, 2.05) is 18.2 Å². The number of likely N-dealkylation sites (N-methyl/N-ethyl adjacent to an activating group) is 1. The smallest absolute Gasteiger partial charge is 0.235 e. The minimum Gasteiger partial charge on any atom is -0.507 e. The number of rotatable bonds is 7. The van der Waals surface area contributed by atoms with Gasteiger partial charge in [0.2, 0.25) is 5.91 Å². The fourth-order valence-corrected chi connectivity index (χ4v) is 8.52. The molecule has 46 heavy (non-hydrogen) atoms. The second-order valence-corrected chi connectivity index (χ2v) is 13.5. The molecule has 3 fully saturated rings. The predicted molar refractivity (Wildman–Crippen MR) is 167 cm³/mol. The summed E-state index contributed by atoms with van der Waals surface area (Å²) in [5.41, 5.74) is 5.65. The molecular weight excluding hydrogens is 590 g/mol. The molecule has 5 N–H and O–H groups in total. The molecule has 11 nitrogen and oxygen atoms in total. The van der Waals surface area contributed by atoms with E-state index in [9.17, 15) is 34.2 Å². The van der Waals surface area contributed by atoms with Crippen molar-refractivity contribution in [1.29, 1.82) is 0 Å². The number of Topliss-reactive ketones (excluding diaryl/α,β-unsaturated/α-hetero) is 4. The molecule has 4 aliphatic carbocycles. The maximum absolute atomic E-state index is 14.1. The van der Waals surface area contributed by atoms with Gasteiger partial charge in [-0.1, -0.05) is 31.4 Å². The lowest BCUT2D eigenvalue weighted by Crippen LogP contribution is -2.74. The summed E-state index contributed by atoms with van der Waals surface area (Å²) < 4.78 is 5.65. The highest BCUT2D eigenvalue weighted by molar-refractivity contribution is 6.32. The zero-order valence-corrected chi connectivity index (χ0v) is 26.4. The number of aliphatic hydroxyl groups is 1. The Morgan fingerprint density at radius 1 is 1.07 bits per heavy atom. The summed E-state index contributed by atoms with van der Waals surface area (Å²) in [6.45, 7) is 0.598. The van der Waals surface area contributed by atoms with Crippen LogP contribution in [0.5, 0.6) is 11.5 Å². The number of methoxy groups -OCH3 is 1. The zero-order chi connectivity index (χ0) is 33.1. The number of aromatic hydroxyl groups is 1. The lowest BCUT2D eigenvalue weighted by molar-refractivity contribution is -0.181. The molecule has 0 aromatic heterocycles. The number of phenols is 1. The minimum absolute atomic E-state index is 0.00182. The van der Waals surface area contributed by atoms with E-state index in [0.29, 0.717) is 23.7 Å². The van der Waals surface area contributed by atoms with E-state index in [4.69, 9.17) is 10.5 Å². The van der Waals surface area contributed by atoms with Gasteiger partial charge in [0.05, 0.1) is 24.6 Å². The molecule has 0 spiro atoms. The van der Waals surface area contributed by atoms with Crippen molar-refractivity contribution in [3.05, 3.63) is 47.0 Å². The van der Waals surface area contributed by atoms with Gasteiger partial charge in [-0.3, -0.25) is 28.9 Å². The van der Waals surface area contributed by atoms with Crippen LogP contribution in [0.1, 0.15) is 60.0 Å². The summed E-state index contributed by atoms with van der Waals surface area (Å²) in [5.74, 6) is -9.89. The highest BCUT2D eigenvalue weighted by atomic mass is 16.5. The van der Waals surface area contributed by atoms with Gasteiger partial charge in [0.1, 0.15) is 11.5 Å². The molecule has 6 atom stereocenters. The largest absolute Gasteiger partial charge is 0.507 e. The Morgan fingerprint density at radius 2 is 1.78 bits per heavy atom. The van der Waals surface area contributed by atoms with Gasteiger partial charge in [-0.25, -0.2) is 0 Å². The molecule has 244 valence electrons. The standard InChI is InChI=1S/C35H41N3O8/c1-38(2)29-23-15-18-14-22-21(17-9-12-25(46-3)19(13-17)16-37-20-7-5-4-6-8-20)10-11-24(39)27(22)30(40)26(18)32(42)35(23,45)33(43)28(31(29)41)34(36)44/h9-13,18,20,23,26,28-29,37,39,45H,4-8,14-16H2,1-3H3,(H2,36,44)/t18-,23-,26?,28?,29-,35-/m0/s1. The Balaban J connectivity index is 1.39. The van der Waals surface area contributed by atoms with Gasteiger partial charge in [-0.2, -0.15) is 0 Å². The molecule has 2 unspecified atom stereocenters. The quantitative estimate of drug-likeness (QED) is 0.331. The number of carbonyl (C=O) groups excluding carboxylic acids is 5. The number of fused-ring (bicyclic) bond motifs is 3. The number of amides is 1. The maximum atomic E-state index is 14.1. The first-order valence-electron chi connectivity index (χ1n) is 16.0. The number of hydrogen-bond acceptors (Lipinski definition) is 10. The fraction of sp³-hybridized carbons (Fsp3) is 0.514. The third kappa shape index (κ3) is 4.96. The number of hydrogen-bond donors (Lipinski definition) is 4. The van der Waals surface area contributed by atoms with Crippen molar-refractivity contribution in [1.82, 2.24) is 10.2 Å². The van der Waals surface area contributed by atoms with Gasteiger partial charge in [-0.05, 0) is 80.6 Å². The van der Waals surface area contributed by atoms with Crippen molar-refractivity contribution in [2.75, 3.05) is 21.2 Å². The molecule has 0 radical (unpaired) electrons. The average molecular weight is 632 g/mol. The van der Waals surface area contributed by atoms with Crippen molar-refractivity contribution >= 4 is 29.0 Å². The topological polar surface area (TPSA) is 176 Å². The zero-order valence-electron chi connectivity index (χ0n) is 26.4. The minimum atomic E-state index is -2.75. The first kappa shape index (κ1) is 32.0. The molecule has 0 bridgehead atoms. The van der Waals surface area contributed by atoms with Crippen LogP contribution in [-0.4, -0.2) is 83.0 Å². The fourth-order valence-electron chi connectivity index (χ4n) is 8.52. The number of carbonyl (C=O) groups is 5. The van der Waals surface area contributed by atoms with Crippen LogP contribution in [0.2, 0.25) is 0 Å². The molecule has 0 heterocycles. The van der Waals surface area contributed by atoms with Crippen molar-refractivity contribution < 1.29 is 38.9 Å². The summed E-state index contributed by atoms with van der Waals surface area (Å²) >= 11 is 0. The molecule has 3 saturated carbocycles. The van der Waals surface area contributed by atoms with Gasteiger partial charge < -0.3 is 26.0 Å². The Hall–Kier alpha value is -3.93. The predicted octanol–water partition coefficient (Wildman–Crippen LogP) is 1.96. The van der Waals surface area contributed by atoms with Gasteiger partial charge >= 0.3 is 0 Å². The molecule has 1 amide bonds. The van der Waals surface area contributed by atoms with Gasteiger partial charge in [0.25, 0.3) is 0 Å².